The normalized spacial score (nSPS) is 18.6. The van der Waals surface area contributed by atoms with Crippen LogP contribution in [0.3, 0.4) is 0 Å². The van der Waals surface area contributed by atoms with E-state index in [1.807, 2.05) is 0 Å². The second-order valence-corrected chi connectivity index (χ2v) is 5.22. The SMILES string of the molecule is Cl.NC1CCN(C(=O)Cc2cc(Cl)cc(Cl)c2)C1. The first-order valence-corrected chi connectivity index (χ1v) is 6.28. The van der Waals surface area contributed by atoms with Crippen molar-refractivity contribution in [3.05, 3.63) is 33.8 Å². The number of hydrogen-bond donors (Lipinski definition) is 1. The molecule has 1 unspecified atom stereocenters. The molecule has 0 aromatic heterocycles. The Bertz CT molecular complexity index is 419. The van der Waals surface area contributed by atoms with E-state index in [0.29, 0.717) is 23.0 Å². The molecule has 6 heteroatoms. The molecule has 1 aliphatic rings. The van der Waals surface area contributed by atoms with Gasteiger partial charge in [-0.3, -0.25) is 4.79 Å². The van der Waals surface area contributed by atoms with Crippen LogP contribution in [0.1, 0.15) is 12.0 Å². The molecule has 1 atom stereocenters. The predicted molar refractivity (Wildman–Crippen MR) is 76.6 cm³/mol. The van der Waals surface area contributed by atoms with Crippen LogP contribution in [0, 0.1) is 0 Å². The first-order valence-electron chi connectivity index (χ1n) is 5.53. The highest BCUT2D eigenvalue weighted by Gasteiger charge is 2.23. The lowest BCUT2D eigenvalue weighted by Gasteiger charge is -2.15. The lowest BCUT2D eigenvalue weighted by atomic mass is 10.1. The van der Waals surface area contributed by atoms with E-state index in [-0.39, 0.29) is 24.4 Å². The third-order valence-electron chi connectivity index (χ3n) is 2.86. The summed E-state index contributed by atoms with van der Waals surface area (Å²) in [5.74, 6) is 0.0799. The maximum atomic E-state index is 12.0. The van der Waals surface area contributed by atoms with E-state index < -0.39 is 0 Å². The van der Waals surface area contributed by atoms with E-state index >= 15 is 0 Å². The van der Waals surface area contributed by atoms with Gasteiger partial charge in [-0.1, -0.05) is 23.2 Å². The summed E-state index contributed by atoms with van der Waals surface area (Å²) in [6.07, 6.45) is 1.20. The first kappa shape index (κ1) is 15.6. The van der Waals surface area contributed by atoms with Crippen LogP contribution < -0.4 is 5.73 Å². The van der Waals surface area contributed by atoms with Gasteiger partial charge in [-0.05, 0) is 30.2 Å². The highest BCUT2D eigenvalue weighted by Crippen LogP contribution is 2.20. The summed E-state index contributed by atoms with van der Waals surface area (Å²) in [6.45, 7) is 1.39. The molecule has 1 amide bonds. The summed E-state index contributed by atoms with van der Waals surface area (Å²) in [5.41, 5.74) is 6.61. The smallest absolute Gasteiger partial charge is 0.227 e. The summed E-state index contributed by atoms with van der Waals surface area (Å²) >= 11 is 11.8. The zero-order chi connectivity index (χ0) is 12.4. The van der Waals surface area contributed by atoms with Gasteiger partial charge >= 0.3 is 0 Å². The van der Waals surface area contributed by atoms with Crippen molar-refractivity contribution in [2.24, 2.45) is 5.73 Å². The number of nitrogens with two attached hydrogens (primary N) is 1. The molecule has 2 rings (SSSR count). The standard InChI is InChI=1S/C12H14Cl2N2O.ClH/c13-9-3-8(4-10(14)6-9)5-12(17)16-2-1-11(15)7-16;/h3-4,6,11H,1-2,5,7,15H2;1H. The summed E-state index contributed by atoms with van der Waals surface area (Å²) in [6, 6.07) is 5.30. The van der Waals surface area contributed by atoms with E-state index in [1.54, 1.807) is 23.1 Å². The summed E-state index contributed by atoms with van der Waals surface area (Å²) in [4.78, 5) is 13.8. The zero-order valence-corrected chi connectivity index (χ0v) is 12.1. The average molecular weight is 310 g/mol. The van der Waals surface area contributed by atoms with E-state index in [1.165, 1.54) is 0 Å². The van der Waals surface area contributed by atoms with Crippen LogP contribution in [0.4, 0.5) is 0 Å². The second kappa shape index (κ2) is 6.62. The number of amides is 1. The van der Waals surface area contributed by atoms with Crippen molar-refractivity contribution in [2.45, 2.75) is 18.9 Å². The molecule has 1 aromatic rings. The molecule has 1 heterocycles. The lowest BCUT2D eigenvalue weighted by Crippen LogP contribution is -2.32. The van der Waals surface area contributed by atoms with Gasteiger partial charge in [-0.2, -0.15) is 0 Å². The Hall–Kier alpha value is -0.480. The molecule has 0 radical (unpaired) electrons. The van der Waals surface area contributed by atoms with Crippen molar-refractivity contribution in [2.75, 3.05) is 13.1 Å². The van der Waals surface area contributed by atoms with Crippen LogP contribution in [0.25, 0.3) is 0 Å². The van der Waals surface area contributed by atoms with Crippen molar-refractivity contribution in [3.63, 3.8) is 0 Å². The van der Waals surface area contributed by atoms with Gasteiger partial charge in [0.15, 0.2) is 0 Å². The van der Waals surface area contributed by atoms with Gasteiger partial charge < -0.3 is 10.6 Å². The summed E-state index contributed by atoms with van der Waals surface area (Å²) < 4.78 is 0. The third kappa shape index (κ3) is 4.02. The highest BCUT2D eigenvalue weighted by molar-refractivity contribution is 6.34. The number of likely N-dealkylation sites (tertiary alicyclic amines) is 1. The Morgan fingerprint density at radius 2 is 1.94 bits per heavy atom. The molecule has 1 aromatic carbocycles. The second-order valence-electron chi connectivity index (χ2n) is 4.34. The maximum Gasteiger partial charge on any atom is 0.227 e. The number of hydrogen-bond acceptors (Lipinski definition) is 2. The molecule has 0 bridgehead atoms. The van der Waals surface area contributed by atoms with Crippen molar-refractivity contribution in [3.8, 4) is 0 Å². The molecule has 100 valence electrons. The summed E-state index contributed by atoms with van der Waals surface area (Å²) in [5, 5.41) is 1.11. The molecule has 0 aliphatic carbocycles. The fourth-order valence-corrected chi connectivity index (χ4v) is 2.58. The van der Waals surface area contributed by atoms with Gasteiger partial charge in [0.1, 0.15) is 0 Å². The number of halogens is 3. The highest BCUT2D eigenvalue weighted by atomic mass is 35.5. The maximum absolute atomic E-state index is 12.0. The zero-order valence-electron chi connectivity index (χ0n) is 9.73. The molecule has 2 N–H and O–H groups in total. The Morgan fingerprint density at radius 3 is 2.44 bits per heavy atom. The topological polar surface area (TPSA) is 46.3 Å². The molecule has 3 nitrogen and oxygen atoms in total. The van der Waals surface area contributed by atoms with Gasteiger partial charge in [-0.15, -0.1) is 12.4 Å². The Kier molecular flexibility index (Phi) is 5.73. The molecule has 18 heavy (non-hydrogen) atoms. The van der Waals surface area contributed by atoms with E-state index in [2.05, 4.69) is 0 Å². The molecular weight excluding hydrogens is 295 g/mol. The van der Waals surface area contributed by atoms with Crippen molar-refractivity contribution in [1.29, 1.82) is 0 Å². The van der Waals surface area contributed by atoms with Crippen LogP contribution in [0.15, 0.2) is 18.2 Å². The largest absolute Gasteiger partial charge is 0.341 e. The molecule has 1 fully saturated rings. The van der Waals surface area contributed by atoms with E-state index in [4.69, 9.17) is 28.9 Å². The van der Waals surface area contributed by atoms with Crippen molar-refractivity contribution >= 4 is 41.5 Å². The van der Waals surface area contributed by atoms with Gasteiger partial charge in [0.25, 0.3) is 0 Å². The van der Waals surface area contributed by atoms with Gasteiger partial charge in [0.2, 0.25) is 5.91 Å². The lowest BCUT2D eigenvalue weighted by molar-refractivity contribution is -0.129. The molecular formula is C12H15Cl3N2O. The van der Waals surface area contributed by atoms with Gasteiger partial charge in [-0.25, -0.2) is 0 Å². The van der Waals surface area contributed by atoms with Crippen LogP contribution in [0.2, 0.25) is 10.0 Å². The predicted octanol–water partition coefficient (Wildman–Crippen LogP) is 2.52. The van der Waals surface area contributed by atoms with Crippen molar-refractivity contribution < 1.29 is 4.79 Å². The number of rotatable bonds is 2. The van der Waals surface area contributed by atoms with Crippen LogP contribution in [-0.4, -0.2) is 29.9 Å². The minimum Gasteiger partial charge on any atom is -0.341 e. The number of benzene rings is 1. The first-order chi connectivity index (χ1) is 8.04. The fraction of sp³-hybridized carbons (Fsp3) is 0.417. The van der Waals surface area contributed by atoms with Crippen LogP contribution >= 0.6 is 35.6 Å². The van der Waals surface area contributed by atoms with Crippen LogP contribution in [-0.2, 0) is 11.2 Å². The Balaban J connectivity index is 0.00000162. The monoisotopic (exact) mass is 308 g/mol. The number of carbonyl (C=O) groups is 1. The molecule has 0 spiro atoms. The van der Waals surface area contributed by atoms with Crippen molar-refractivity contribution in [1.82, 2.24) is 4.90 Å². The average Bonchev–Trinajstić information content (AvgIpc) is 2.63. The molecule has 1 saturated heterocycles. The molecule has 1 aliphatic heterocycles. The molecule has 0 saturated carbocycles. The Labute approximate surface area is 123 Å². The summed E-state index contributed by atoms with van der Waals surface area (Å²) in [7, 11) is 0. The van der Waals surface area contributed by atoms with E-state index in [0.717, 1.165) is 18.5 Å². The third-order valence-corrected chi connectivity index (χ3v) is 3.29. The van der Waals surface area contributed by atoms with Gasteiger partial charge in [0, 0.05) is 29.2 Å². The number of nitrogens with zero attached hydrogens (tertiary/aromatic N) is 1. The fourth-order valence-electron chi connectivity index (χ4n) is 2.01. The minimum absolute atomic E-state index is 0. The van der Waals surface area contributed by atoms with E-state index in [9.17, 15) is 4.79 Å². The van der Waals surface area contributed by atoms with Gasteiger partial charge in [0.05, 0.1) is 6.42 Å². The Morgan fingerprint density at radius 1 is 1.33 bits per heavy atom. The minimum atomic E-state index is 0. The number of carbonyl (C=O) groups excluding carboxylic acids is 1. The quantitative estimate of drug-likeness (QED) is 0.912. The van der Waals surface area contributed by atoms with Crippen LogP contribution in [0.5, 0.6) is 0 Å².